The molecule has 2 aromatic rings. The number of carbonyl (C=O) groups excluding carboxylic acids is 2. The van der Waals surface area contributed by atoms with E-state index in [9.17, 15) is 9.59 Å². The summed E-state index contributed by atoms with van der Waals surface area (Å²) in [6.07, 6.45) is 3.25. The molecule has 7 heteroatoms. The molecule has 0 radical (unpaired) electrons. The van der Waals surface area contributed by atoms with E-state index < -0.39 is 0 Å². The third-order valence-electron chi connectivity index (χ3n) is 6.32. The second-order valence-electron chi connectivity index (χ2n) is 9.28. The molecule has 2 amide bonds. The molecule has 0 spiro atoms. The van der Waals surface area contributed by atoms with Gasteiger partial charge in [-0.15, -0.1) is 0 Å². The molecule has 178 valence electrons. The van der Waals surface area contributed by atoms with E-state index in [-0.39, 0.29) is 17.9 Å². The zero-order valence-electron chi connectivity index (χ0n) is 19.5. The Kier molecular flexibility index (Phi) is 9.19. The maximum Gasteiger partial charge on any atom is 0.319 e. The van der Waals surface area contributed by atoms with Gasteiger partial charge in [-0.2, -0.15) is 0 Å². The Morgan fingerprint density at radius 1 is 1.06 bits per heavy atom. The molecule has 1 saturated heterocycles. The van der Waals surface area contributed by atoms with Crippen LogP contribution in [-0.2, 0) is 6.42 Å². The predicted molar refractivity (Wildman–Crippen MR) is 137 cm³/mol. The number of halogens is 2. The molecule has 1 fully saturated rings. The van der Waals surface area contributed by atoms with Gasteiger partial charge < -0.3 is 15.5 Å². The van der Waals surface area contributed by atoms with Crippen molar-refractivity contribution in [2.45, 2.75) is 46.1 Å². The van der Waals surface area contributed by atoms with Gasteiger partial charge in [0.1, 0.15) is 0 Å². The Balaban J connectivity index is 1.49. The Morgan fingerprint density at radius 2 is 1.79 bits per heavy atom. The number of Topliss-reactive ketones (excluding diaryl/α,β-unsaturated/α-hetero) is 1. The van der Waals surface area contributed by atoms with Crippen molar-refractivity contribution in [3.05, 3.63) is 63.6 Å². The molecule has 2 aromatic carbocycles. The number of likely N-dealkylation sites (tertiary alicyclic amines) is 1. The van der Waals surface area contributed by atoms with Crippen LogP contribution in [0, 0.1) is 11.8 Å². The normalized spacial score (nSPS) is 15.9. The summed E-state index contributed by atoms with van der Waals surface area (Å²) in [6, 6.07) is 12.7. The third-order valence-corrected chi connectivity index (χ3v) is 7.06. The van der Waals surface area contributed by atoms with E-state index >= 15 is 0 Å². The number of hydrogen-bond acceptors (Lipinski definition) is 3. The lowest BCUT2D eigenvalue weighted by molar-refractivity contribution is 0.101. The fourth-order valence-electron chi connectivity index (χ4n) is 4.23. The van der Waals surface area contributed by atoms with Gasteiger partial charge >= 0.3 is 6.03 Å². The number of piperidine rings is 1. The molecule has 0 unspecified atom stereocenters. The van der Waals surface area contributed by atoms with Crippen LogP contribution in [0.1, 0.15) is 49.5 Å². The SMILES string of the molecule is CC(=O)c1cccc(NC(=O)N[C@@H](CN2CCC(Cc3ccc(Cl)c(Cl)c3)CC2)C(C)C)c1. The lowest BCUT2D eigenvalue weighted by Crippen LogP contribution is -2.49. The average molecular weight is 490 g/mol. The highest BCUT2D eigenvalue weighted by Gasteiger charge is 2.24. The first-order valence-electron chi connectivity index (χ1n) is 11.6. The molecule has 2 N–H and O–H groups in total. The minimum Gasteiger partial charge on any atom is -0.334 e. The summed E-state index contributed by atoms with van der Waals surface area (Å²) in [6.45, 7) is 8.61. The molecule has 0 aromatic heterocycles. The number of nitrogens with one attached hydrogen (secondary N) is 2. The lowest BCUT2D eigenvalue weighted by atomic mass is 9.89. The molecule has 5 nitrogen and oxygen atoms in total. The number of benzene rings is 2. The van der Waals surface area contributed by atoms with E-state index in [0.717, 1.165) is 38.9 Å². The number of urea groups is 1. The first-order chi connectivity index (χ1) is 15.7. The molecule has 0 aliphatic carbocycles. The molecule has 1 heterocycles. The fourth-order valence-corrected chi connectivity index (χ4v) is 4.55. The van der Waals surface area contributed by atoms with Crippen molar-refractivity contribution in [2.75, 3.05) is 25.0 Å². The van der Waals surface area contributed by atoms with E-state index in [0.29, 0.717) is 33.1 Å². The Morgan fingerprint density at radius 3 is 2.42 bits per heavy atom. The second kappa shape index (κ2) is 11.9. The van der Waals surface area contributed by atoms with E-state index in [1.54, 1.807) is 24.3 Å². The zero-order chi connectivity index (χ0) is 24.0. The van der Waals surface area contributed by atoms with Crippen molar-refractivity contribution in [3.8, 4) is 0 Å². The molecular formula is C26H33Cl2N3O2. The predicted octanol–water partition coefficient (Wildman–Crippen LogP) is 6.30. The largest absolute Gasteiger partial charge is 0.334 e. The second-order valence-corrected chi connectivity index (χ2v) is 10.1. The van der Waals surface area contributed by atoms with Crippen LogP contribution in [-0.4, -0.2) is 42.4 Å². The average Bonchev–Trinajstić information content (AvgIpc) is 2.77. The first-order valence-corrected chi connectivity index (χ1v) is 12.3. The molecule has 1 atom stereocenters. The summed E-state index contributed by atoms with van der Waals surface area (Å²) >= 11 is 12.2. The molecule has 0 saturated carbocycles. The highest BCUT2D eigenvalue weighted by molar-refractivity contribution is 6.42. The number of ketones is 1. The van der Waals surface area contributed by atoms with Gasteiger partial charge in [0.25, 0.3) is 0 Å². The quantitative estimate of drug-likeness (QED) is 0.427. The van der Waals surface area contributed by atoms with E-state index in [1.165, 1.54) is 12.5 Å². The summed E-state index contributed by atoms with van der Waals surface area (Å²) in [5.74, 6) is 0.899. The van der Waals surface area contributed by atoms with Gasteiger partial charge in [0.05, 0.1) is 10.0 Å². The molecular weight excluding hydrogens is 457 g/mol. The zero-order valence-corrected chi connectivity index (χ0v) is 21.0. The first kappa shape index (κ1) is 25.5. The van der Waals surface area contributed by atoms with Gasteiger partial charge in [-0.25, -0.2) is 4.79 Å². The highest BCUT2D eigenvalue weighted by atomic mass is 35.5. The van der Waals surface area contributed by atoms with Gasteiger partial charge in [-0.05, 0) is 80.9 Å². The Labute approximate surface area is 206 Å². The Bertz CT molecular complexity index is 972. The van der Waals surface area contributed by atoms with Crippen molar-refractivity contribution in [1.82, 2.24) is 10.2 Å². The topological polar surface area (TPSA) is 61.4 Å². The van der Waals surface area contributed by atoms with Gasteiger partial charge in [0, 0.05) is 23.8 Å². The molecule has 1 aliphatic heterocycles. The maximum absolute atomic E-state index is 12.6. The van der Waals surface area contributed by atoms with Crippen LogP contribution in [0.3, 0.4) is 0 Å². The summed E-state index contributed by atoms with van der Waals surface area (Å²) in [5, 5.41) is 7.19. The minimum atomic E-state index is -0.246. The summed E-state index contributed by atoms with van der Waals surface area (Å²) in [7, 11) is 0. The molecule has 0 bridgehead atoms. The standard InChI is InChI=1S/C26H33Cl2N3O2/c1-17(2)25(30-26(33)29-22-6-4-5-21(15-22)18(3)32)16-31-11-9-19(10-12-31)13-20-7-8-23(27)24(28)14-20/h4-8,14-15,17,19,25H,9-13,16H2,1-3H3,(H2,29,30,33)/t25-/m0/s1. The van der Waals surface area contributed by atoms with Gasteiger partial charge in [0.15, 0.2) is 5.78 Å². The number of nitrogens with zero attached hydrogens (tertiary/aromatic N) is 1. The van der Waals surface area contributed by atoms with Crippen molar-refractivity contribution in [3.63, 3.8) is 0 Å². The van der Waals surface area contributed by atoms with E-state index in [4.69, 9.17) is 23.2 Å². The van der Waals surface area contributed by atoms with Crippen LogP contribution in [0.4, 0.5) is 10.5 Å². The van der Waals surface area contributed by atoms with Crippen LogP contribution in [0.2, 0.25) is 10.0 Å². The number of amides is 2. The van der Waals surface area contributed by atoms with E-state index in [1.807, 2.05) is 12.1 Å². The van der Waals surface area contributed by atoms with Crippen LogP contribution in [0.5, 0.6) is 0 Å². The van der Waals surface area contributed by atoms with Gasteiger partial charge in [-0.3, -0.25) is 4.79 Å². The smallest absolute Gasteiger partial charge is 0.319 e. The third kappa shape index (κ3) is 7.73. The fraction of sp³-hybridized carbons (Fsp3) is 0.462. The summed E-state index contributed by atoms with van der Waals surface area (Å²) in [4.78, 5) is 26.6. The van der Waals surface area contributed by atoms with E-state index in [2.05, 4.69) is 35.4 Å². The number of rotatable bonds is 8. The van der Waals surface area contributed by atoms with Crippen molar-refractivity contribution in [1.29, 1.82) is 0 Å². The van der Waals surface area contributed by atoms with Crippen LogP contribution < -0.4 is 10.6 Å². The lowest BCUT2D eigenvalue weighted by Gasteiger charge is -2.35. The molecule has 1 aliphatic rings. The van der Waals surface area contributed by atoms with Gasteiger partial charge in [0.2, 0.25) is 0 Å². The van der Waals surface area contributed by atoms with Crippen LogP contribution in [0.15, 0.2) is 42.5 Å². The van der Waals surface area contributed by atoms with Crippen molar-refractivity contribution < 1.29 is 9.59 Å². The number of hydrogen-bond donors (Lipinski definition) is 2. The molecule has 3 rings (SSSR count). The molecule has 33 heavy (non-hydrogen) atoms. The van der Waals surface area contributed by atoms with Gasteiger partial charge in [-0.1, -0.05) is 55.2 Å². The highest BCUT2D eigenvalue weighted by Crippen LogP contribution is 2.27. The van der Waals surface area contributed by atoms with Crippen LogP contribution >= 0.6 is 23.2 Å². The Hall–Kier alpha value is -2.08. The number of carbonyl (C=O) groups is 2. The summed E-state index contributed by atoms with van der Waals surface area (Å²) < 4.78 is 0. The van der Waals surface area contributed by atoms with Crippen molar-refractivity contribution >= 4 is 40.7 Å². The maximum atomic E-state index is 12.6. The monoisotopic (exact) mass is 489 g/mol. The number of anilines is 1. The summed E-state index contributed by atoms with van der Waals surface area (Å²) in [5.41, 5.74) is 2.43. The van der Waals surface area contributed by atoms with Crippen LogP contribution in [0.25, 0.3) is 0 Å². The van der Waals surface area contributed by atoms with Crippen molar-refractivity contribution in [2.24, 2.45) is 11.8 Å². The minimum absolute atomic E-state index is 0.0262.